The van der Waals surface area contributed by atoms with Crippen LogP contribution in [0.25, 0.3) is 10.9 Å². The molecule has 0 bridgehead atoms. The van der Waals surface area contributed by atoms with Gasteiger partial charge in [0.1, 0.15) is 11.8 Å². The summed E-state index contributed by atoms with van der Waals surface area (Å²) in [5.74, 6) is -0.395. The molecule has 22 heavy (non-hydrogen) atoms. The monoisotopic (exact) mass is 315 g/mol. The number of carbonyl (C=O) groups excluding carboxylic acids is 2. The Labute approximate surface area is 130 Å². The highest BCUT2D eigenvalue weighted by Gasteiger charge is 2.19. The molecule has 0 aliphatic rings. The minimum atomic E-state index is -0.741. The third-order valence-corrected chi connectivity index (χ3v) is 3.94. The number of ether oxygens (including phenoxy) is 1. The van der Waals surface area contributed by atoms with Crippen molar-refractivity contribution < 1.29 is 14.3 Å². The second kappa shape index (κ2) is 5.98. The number of hydrogen-bond acceptors (Lipinski definition) is 5. The zero-order valence-electron chi connectivity index (χ0n) is 11.7. The van der Waals surface area contributed by atoms with Crippen molar-refractivity contribution in [3.8, 4) is 5.75 Å². The maximum atomic E-state index is 12.0. The SMILES string of the molecule is C[C@@H](NC(=O)c1cccs1)C(=O)Oc1ccc2[nH]ncc2c1. The van der Waals surface area contributed by atoms with Crippen LogP contribution in [-0.4, -0.2) is 28.1 Å². The molecule has 112 valence electrons. The van der Waals surface area contributed by atoms with Gasteiger partial charge in [-0.05, 0) is 36.6 Å². The summed E-state index contributed by atoms with van der Waals surface area (Å²) in [4.78, 5) is 24.5. The summed E-state index contributed by atoms with van der Waals surface area (Å²) in [6.07, 6.45) is 1.65. The van der Waals surface area contributed by atoms with E-state index in [1.807, 2.05) is 0 Å². The Morgan fingerprint density at radius 3 is 3.00 bits per heavy atom. The Kier molecular flexibility index (Phi) is 3.88. The van der Waals surface area contributed by atoms with E-state index in [4.69, 9.17) is 4.74 Å². The Hall–Kier alpha value is -2.67. The van der Waals surface area contributed by atoms with E-state index < -0.39 is 12.0 Å². The molecule has 0 radical (unpaired) electrons. The van der Waals surface area contributed by atoms with Gasteiger partial charge in [-0.25, -0.2) is 4.79 Å². The predicted molar refractivity (Wildman–Crippen MR) is 83.0 cm³/mol. The number of H-pyrrole nitrogens is 1. The van der Waals surface area contributed by atoms with Crippen molar-refractivity contribution in [1.29, 1.82) is 0 Å². The van der Waals surface area contributed by atoms with E-state index in [1.165, 1.54) is 11.3 Å². The van der Waals surface area contributed by atoms with Crippen molar-refractivity contribution in [2.24, 2.45) is 0 Å². The quantitative estimate of drug-likeness (QED) is 0.572. The van der Waals surface area contributed by atoms with Crippen LogP contribution in [0, 0.1) is 0 Å². The molecule has 1 atom stereocenters. The lowest BCUT2D eigenvalue weighted by Gasteiger charge is -2.12. The summed E-state index contributed by atoms with van der Waals surface area (Å²) in [5, 5.41) is 12.0. The van der Waals surface area contributed by atoms with Gasteiger partial charge in [-0.3, -0.25) is 9.89 Å². The maximum Gasteiger partial charge on any atom is 0.333 e. The molecule has 3 rings (SSSR count). The first kappa shape index (κ1) is 14.3. The highest BCUT2D eigenvalue weighted by Crippen LogP contribution is 2.19. The van der Waals surface area contributed by atoms with Crippen molar-refractivity contribution in [2.75, 3.05) is 0 Å². The Morgan fingerprint density at radius 2 is 2.23 bits per heavy atom. The van der Waals surface area contributed by atoms with Gasteiger partial charge in [-0.2, -0.15) is 5.10 Å². The van der Waals surface area contributed by atoms with Crippen LogP contribution in [0.3, 0.4) is 0 Å². The fraction of sp³-hybridized carbons (Fsp3) is 0.133. The van der Waals surface area contributed by atoms with Crippen molar-refractivity contribution >= 4 is 34.1 Å². The third-order valence-electron chi connectivity index (χ3n) is 3.08. The van der Waals surface area contributed by atoms with Crippen molar-refractivity contribution in [3.63, 3.8) is 0 Å². The lowest BCUT2D eigenvalue weighted by Crippen LogP contribution is -2.40. The molecule has 2 heterocycles. The van der Waals surface area contributed by atoms with Gasteiger partial charge in [0, 0.05) is 5.39 Å². The summed E-state index contributed by atoms with van der Waals surface area (Å²) < 4.78 is 5.28. The maximum absolute atomic E-state index is 12.0. The van der Waals surface area contributed by atoms with Crippen LogP contribution in [0.4, 0.5) is 0 Å². The lowest BCUT2D eigenvalue weighted by molar-refractivity contribution is -0.136. The number of rotatable bonds is 4. The van der Waals surface area contributed by atoms with Gasteiger partial charge in [0.2, 0.25) is 0 Å². The molecule has 0 aliphatic heterocycles. The molecular weight excluding hydrogens is 302 g/mol. The molecule has 0 unspecified atom stereocenters. The van der Waals surface area contributed by atoms with Crippen molar-refractivity contribution in [1.82, 2.24) is 15.5 Å². The average molecular weight is 315 g/mol. The van der Waals surface area contributed by atoms with Crippen LogP contribution in [-0.2, 0) is 4.79 Å². The Bertz CT molecular complexity index is 810. The minimum absolute atomic E-state index is 0.287. The highest BCUT2D eigenvalue weighted by atomic mass is 32.1. The first-order chi connectivity index (χ1) is 10.6. The molecular formula is C15H13N3O3S. The van der Waals surface area contributed by atoms with Crippen LogP contribution < -0.4 is 10.1 Å². The number of aromatic amines is 1. The van der Waals surface area contributed by atoms with E-state index >= 15 is 0 Å². The van der Waals surface area contributed by atoms with Gasteiger partial charge in [-0.1, -0.05) is 6.07 Å². The second-order valence-corrected chi connectivity index (χ2v) is 5.66. The molecule has 7 heteroatoms. The van der Waals surface area contributed by atoms with Crippen LogP contribution in [0.15, 0.2) is 41.9 Å². The number of carbonyl (C=O) groups is 2. The number of nitrogens with one attached hydrogen (secondary N) is 2. The standard InChI is InChI=1S/C15H13N3O3S/c1-9(17-14(19)13-3-2-6-22-13)15(20)21-11-4-5-12-10(7-11)8-16-18-12/h2-9H,1H3,(H,16,18)(H,17,19)/t9-/m1/s1. The molecule has 6 nitrogen and oxygen atoms in total. The predicted octanol–water partition coefficient (Wildman–Crippen LogP) is 2.35. The number of esters is 1. The van der Waals surface area contributed by atoms with E-state index in [1.54, 1.807) is 48.8 Å². The van der Waals surface area contributed by atoms with Gasteiger partial charge in [0.15, 0.2) is 0 Å². The van der Waals surface area contributed by atoms with E-state index in [0.29, 0.717) is 10.6 Å². The highest BCUT2D eigenvalue weighted by molar-refractivity contribution is 7.12. The largest absolute Gasteiger partial charge is 0.425 e. The van der Waals surface area contributed by atoms with Gasteiger partial charge >= 0.3 is 5.97 Å². The van der Waals surface area contributed by atoms with E-state index in [2.05, 4.69) is 15.5 Å². The van der Waals surface area contributed by atoms with Crippen LogP contribution in [0.5, 0.6) is 5.75 Å². The zero-order chi connectivity index (χ0) is 15.5. The van der Waals surface area contributed by atoms with E-state index in [-0.39, 0.29) is 5.91 Å². The van der Waals surface area contributed by atoms with Gasteiger partial charge < -0.3 is 10.1 Å². The van der Waals surface area contributed by atoms with Gasteiger partial charge in [0.05, 0.1) is 16.6 Å². The molecule has 1 amide bonds. The second-order valence-electron chi connectivity index (χ2n) is 4.71. The first-order valence-electron chi connectivity index (χ1n) is 6.62. The molecule has 3 aromatic rings. The smallest absolute Gasteiger partial charge is 0.333 e. The van der Waals surface area contributed by atoms with Crippen LogP contribution in [0.1, 0.15) is 16.6 Å². The minimum Gasteiger partial charge on any atom is -0.425 e. The van der Waals surface area contributed by atoms with Crippen LogP contribution >= 0.6 is 11.3 Å². The summed E-state index contributed by atoms with van der Waals surface area (Å²) in [7, 11) is 0. The summed E-state index contributed by atoms with van der Waals surface area (Å²) in [5.41, 5.74) is 0.860. The topological polar surface area (TPSA) is 84.1 Å². The molecule has 0 saturated heterocycles. The Balaban J connectivity index is 1.64. The van der Waals surface area contributed by atoms with E-state index in [9.17, 15) is 9.59 Å². The number of benzene rings is 1. The molecule has 0 spiro atoms. The molecule has 0 saturated carbocycles. The first-order valence-corrected chi connectivity index (χ1v) is 7.50. The van der Waals surface area contributed by atoms with E-state index in [0.717, 1.165) is 10.9 Å². The fourth-order valence-electron chi connectivity index (χ4n) is 1.92. The number of aromatic nitrogens is 2. The zero-order valence-corrected chi connectivity index (χ0v) is 12.5. The molecule has 2 N–H and O–H groups in total. The number of nitrogens with zero attached hydrogens (tertiary/aromatic N) is 1. The molecule has 0 aliphatic carbocycles. The fourth-order valence-corrected chi connectivity index (χ4v) is 2.55. The number of amides is 1. The number of fused-ring (bicyclic) bond motifs is 1. The average Bonchev–Trinajstić information content (AvgIpc) is 3.18. The van der Waals surface area contributed by atoms with Crippen molar-refractivity contribution in [2.45, 2.75) is 13.0 Å². The van der Waals surface area contributed by atoms with Gasteiger partial charge in [-0.15, -0.1) is 11.3 Å². The number of hydrogen-bond donors (Lipinski definition) is 2. The normalized spacial score (nSPS) is 12.0. The lowest BCUT2D eigenvalue weighted by atomic mass is 10.2. The summed E-state index contributed by atoms with van der Waals surface area (Å²) >= 11 is 1.32. The summed E-state index contributed by atoms with van der Waals surface area (Å²) in [6, 6.07) is 7.90. The Morgan fingerprint density at radius 1 is 1.36 bits per heavy atom. The molecule has 1 aromatic carbocycles. The summed E-state index contributed by atoms with van der Waals surface area (Å²) in [6.45, 7) is 1.59. The van der Waals surface area contributed by atoms with Gasteiger partial charge in [0.25, 0.3) is 5.91 Å². The van der Waals surface area contributed by atoms with Crippen LogP contribution in [0.2, 0.25) is 0 Å². The number of thiophene rings is 1. The molecule has 0 fully saturated rings. The molecule has 2 aromatic heterocycles. The van der Waals surface area contributed by atoms with Crippen molar-refractivity contribution in [3.05, 3.63) is 46.8 Å². The third kappa shape index (κ3) is 2.99.